The van der Waals surface area contributed by atoms with Gasteiger partial charge in [0.2, 0.25) is 0 Å². The number of carbonyl (C=O) groups excluding carboxylic acids is 1. The number of hydrogen-bond donors (Lipinski definition) is 2. The van der Waals surface area contributed by atoms with Crippen molar-refractivity contribution in [2.45, 2.75) is 45.8 Å². The molecule has 1 unspecified atom stereocenters. The summed E-state index contributed by atoms with van der Waals surface area (Å²) in [5, 5.41) is 18.0. The van der Waals surface area contributed by atoms with Crippen LogP contribution < -0.4 is 0 Å². The Morgan fingerprint density at radius 3 is 2.38 bits per heavy atom. The van der Waals surface area contributed by atoms with E-state index < -0.39 is 17.8 Å². The smallest absolute Gasteiger partial charge is 0.410 e. The Morgan fingerprint density at radius 2 is 2.00 bits per heavy atom. The summed E-state index contributed by atoms with van der Waals surface area (Å²) >= 11 is 0. The molecule has 2 N–H and O–H groups in total. The van der Waals surface area contributed by atoms with Crippen molar-refractivity contribution in [3.63, 3.8) is 0 Å². The number of nitrogens with zero attached hydrogens (tertiary/aromatic N) is 1. The minimum absolute atomic E-state index is 0.0965. The molecule has 5 heteroatoms. The summed E-state index contributed by atoms with van der Waals surface area (Å²) in [4.78, 5) is 13.1. The molecule has 16 heavy (non-hydrogen) atoms. The zero-order valence-electron chi connectivity index (χ0n) is 10.6. The summed E-state index contributed by atoms with van der Waals surface area (Å²) in [6.45, 7) is 7.55. The van der Waals surface area contributed by atoms with Crippen molar-refractivity contribution in [1.82, 2.24) is 4.90 Å². The number of aliphatic hydroxyl groups excluding tert-OH is 2. The summed E-state index contributed by atoms with van der Waals surface area (Å²) in [7, 11) is 0. The van der Waals surface area contributed by atoms with Gasteiger partial charge in [0.05, 0.1) is 19.3 Å². The zero-order chi connectivity index (χ0) is 12.8. The van der Waals surface area contributed by atoms with Gasteiger partial charge in [0.25, 0.3) is 0 Å². The van der Waals surface area contributed by atoms with E-state index in [0.717, 1.165) is 6.42 Å². The average molecular weight is 233 g/mol. The molecular formula is C11H23NO4. The van der Waals surface area contributed by atoms with E-state index in [2.05, 4.69) is 0 Å². The Morgan fingerprint density at radius 1 is 1.44 bits per heavy atom. The number of aliphatic hydroxyl groups is 2. The number of rotatable bonds is 5. The van der Waals surface area contributed by atoms with Gasteiger partial charge >= 0.3 is 6.09 Å². The molecular weight excluding hydrogens is 210 g/mol. The van der Waals surface area contributed by atoms with Crippen LogP contribution in [-0.2, 0) is 4.74 Å². The maximum absolute atomic E-state index is 11.7. The number of carbonyl (C=O) groups is 1. The molecule has 0 aromatic rings. The van der Waals surface area contributed by atoms with E-state index in [1.807, 2.05) is 6.92 Å². The molecule has 0 heterocycles. The molecule has 1 amide bonds. The predicted octanol–water partition coefficient (Wildman–Crippen LogP) is 0.987. The van der Waals surface area contributed by atoms with Gasteiger partial charge in [-0.25, -0.2) is 4.79 Å². The van der Waals surface area contributed by atoms with Crippen LogP contribution in [0.2, 0.25) is 0 Å². The third-order valence-corrected chi connectivity index (χ3v) is 1.79. The maximum atomic E-state index is 11.7. The van der Waals surface area contributed by atoms with E-state index in [9.17, 15) is 9.90 Å². The minimum Gasteiger partial charge on any atom is -0.444 e. The summed E-state index contributed by atoms with van der Waals surface area (Å²) in [6.07, 6.45) is -0.599. The van der Waals surface area contributed by atoms with Gasteiger partial charge in [-0.15, -0.1) is 0 Å². The third-order valence-electron chi connectivity index (χ3n) is 1.79. The van der Waals surface area contributed by atoms with Gasteiger partial charge in [0, 0.05) is 6.54 Å². The molecule has 0 aliphatic rings. The van der Waals surface area contributed by atoms with Gasteiger partial charge in [-0.1, -0.05) is 6.92 Å². The first-order chi connectivity index (χ1) is 7.30. The highest BCUT2D eigenvalue weighted by Crippen LogP contribution is 2.10. The maximum Gasteiger partial charge on any atom is 0.410 e. The number of amides is 1. The fraction of sp³-hybridized carbons (Fsp3) is 0.909. The second kappa shape index (κ2) is 6.70. The van der Waals surface area contributed by atoms with Crippen LogP contribution in [0.3, 0.4) is 0 Å². The lowest BCUT2D eigenvalue weighted by Gasteiger charge is -2.28. The Balaban J connectivity index is 4.34. The number of hydrogen-bond acceptors (Lipinski definition) is 4. The highest BCUT2D eigenvalue weighted by atomic mass is 16.6. The second-order valence-corrected chi connectivity index (χ2v) is 4.76. The van der Waals surface area contributed by atoms with Gasteiger partial charge in [-0.05, 0) is 27.2 Å². The van der Waals surface area contributed by atoms with Gasteiger partial charge in [-0.3, -0.25) is 0 Å². The lowest BCUT2D eigenvalue weighted by atomic mass is 10.2. The molecule has 0 bridgehead atoms. The molecule has 0 spiro atoms. The van der Waals surface area contributed by atoms with Gasteiger partial charge in [0.1, 0.15) is 5.60 Å². The highest BCUT2D eigenvalue weighted by Gasteiger charge is 2.23. The van der Waals surface area contributed by atoms with Crippen LogP contribution in [0.25, 0.3) is 0 Å². The molecule has 0 radical (unpaired) electrons. The Bertz CT molecular complexity index is 213. The second-order valence-electron chi connectivity index (χ2n) is 4.76. The largest absolute Gasteiger partial charge is 0.444 e. The van der Waals surface area contributed by atoms with Crippen molar-refractivity contribution >= 4 is 6.09 Å². The van der Waals surface area contributed by atoms with Crippen LogP contribution in [0.4, 0.5) is 4.79 Å². The van der Waals surface area contributed by atoms with E-state index in [1.54, 1.807) is 20.8 Å². The van der Waals surface area contributed by atoms with Crippen LogP contribution in [0.5, 0.6) is 0 Å². The van der Waals surface area contributed by atoms with Crippen molar-refractivity contribution in [3.8, 4) is 0 Å². The van der Waals surface area contributed by atoms with Crippen LogP contribution in [0.15, 0.2) is 0 Å². The number of ether oxygens (including phenoxy) is 1. The van der Waals surface area contributed by atoms with E-state index in [0.29, 0.717) is 6.54 Å². The first-order valence-electron chi connectivity index (χ1n) is 5.57. The molecule has 0 rings (SSSR count). The van der Waals surface area contributed by atoms with Crippen LogP contribution in [0, 0.1) is 0 Å². The molecule has 96 valence electrons. The highest BCUT2D eigenvalue weighted by molar-refractivity contribution is 5.68. The van der Waals surface area contributed by atoms with Gasteiger partial charge < -0.3 is 19.8 Å². The van der Waals surface area contributed by atoms with Crippen molar-refractivity contribution in [3.05, 3.63) is 0 Å². The van der Waals surface area contributed by atoms with Crippen molar-refractivity contribution in [1.29, 1.82) is 0 Å². The fourth-order valence-corrected chi connectivity index (χ4v) is 1.17. The quantitative estimate of drug-likeness (QED) is 0.743. The van der Waals surface area contributed by atoms with E-state index in [4.69, 9.17) is 9.84 Å². The molecule has 0 aliphatic carbocycles. The van der Waals surface area contributed by atoms with Crippen LogP contribution >= 0.6 is 0 Å². The standard InChI is InChI=1S/C11H23NO4/c1-5-6-12(7-9(14)8-13)10(15)16-11(2,3)4/h9,13-14H,5-8H2,1-4H3. The topological polar surface area (TPSA) is 70.0 Å². The van der Waals surface area contributed by atoms with E-state index in [-0.39, 0.29) is 13.2 Å². The molecule has 0 saturated heterocycles. The SMILES string of the molecule is CCCN(CC(O)CO)C(=O)OC(C)(C)C. The van der Waals surface area contributed by atoms with Crippen LogP contribution in [-0.4, -0.2) is 52.6 Å². The van der Waals surface area contributed by atoms with Crippen molar-refractivity contribution < 1.29 is 19.7 Å². The third kappa shape index (κ3) is 6.63. The molecule has 0 aromatic carbocycles. The molecule has 1 atom stereocenters. The van der Waals surface area contributed by atoms with Crippen molar-refractivity contribution in [2.75, 3.05) is 19.7 Å². The van der Waals surface area contributed by atoms with E-state index >= 15 is 0 Å². The Kier molecular flexibility index (Phi) is 6.36. The molecule has 0 fully saturated rings. The van der Waals surface area contributed by atoms with Crippen molar-refractivity contribution in [2.24, 2.45) is 0 Å². The monoisotopic (exact) mass is 233 g/mol. The molecule has 0 aromatic heterocycles. The fourth-order valence-electron chi connectivity index (χ4n) is 1.17. The average Bonchev–Trinajstić information content (AvgIpc) is 2.14. The molecule has 0 aliphatic heterocycles. The Hall–Kier alpha value is -0.810. The normalized spacial score (nSPS) is 13.4. The van der Waals surface area contributed by atoms with Gasteiger partial charge in [0.15, 0.2) is 0 Å². The first kappa shape index (κ1) is 15.2. The Labute approximate surface area is 97.0 Å². The molecule has 5 nitrogen and oxygen atoms in total. The van der Waals surface area contributed by atoms with E-state index in [1.165, 1.54) is 4.90 Å². The van der Waals surface area contributed by atoms with Crippen LogP contribution in [0.1, 0.15) is 34.1 Å². The zero-order valence-corrected chi connectivity index (χ0v) is 10.6. The lowest BCUT2D eigenvalue weighted by Crippen LogP contribution is -2.42. The predicted molar refractivity (Wildman–Crippen MR) is 61.2 cm³/mol. The summed E-state index contributed by atoms with van der Waals surface area (Å²) in [6, 6.07) is 0. The van der Waals surface area contributed by atoms with Gasteiger partial charge in [-0.2, -0.15) is 0 Å². The minimum atomic E-state index is -0.918. The molecule has 0 saturated carbocycles. The lowest BCUT2D eigenvalue weighted by molar-refractivity contribution is 0.00747. The first-order valence-corrected chi connectivity index (χ1v) is 5.57. The summed E-state index contributed by atoms with van der Waals surface area (Å²) in [5.41, 5.74) is -0.548. The summed E-state index contributed by atoms with van der Waals surface area (Å²) in [5.74, 6) is 0. The summed E-state index contributed by atoms with van der Waals surface area (Å²) < 4.78 is 5.19.